The van der Waals surface area contributed by atoms with Crippen LogP contribution in [-0.2, 0) is 19.2 Å². The van der Waals surface area contributed by atoms with E-state index in [0.29, 0.717) is 29.6 Å². The predicted molar refractivity (Wildman–Crippen MR) is 161 cm³/mol. The zero-order valence-electron chi connectivity index (χ0n) is 25.9. The Morgan fingerprint density at radius 1 is 0.667 bits per heavy atom. The van der Waals surface area contributed by atoms with Gasteiger partial charge >= 0.3 is 0 Å². The molecule has 2 N–H and O–H groups in total. The lowest BCUT2D eigenvalue weighted by atomic mass is 9.99. The molecule has 45 heavy (non-hydrogen) atoms. The van der Waals surface area contributed by atoms with Gasteiger partial charge in [0.2, 0.25) is 23.4 Å². The molecule has 3 rings (SSSR count). The maximum atomic E-state index is 13.8. The van der Waals surface area contributed by atoms with Crippen LogP contribution in [0.15, 0.2) is 59.6 Å². The molecule has 13 nitrogen and oxygen atoms in total. The third kappa shape index (κ3) is 7.93. The van der Waals surface area contributed by atoms with Crippen LogP contribution in [-0.4, -0.2) is 66.5 Å². The average molecular weight is 622 g/mol. The summed E-state index contributed by atoms with van der Waals surface area (Å²) in [6, 6.07) is 8.89. The summed E-state index contributed by atoms with van der Waals surface area (Å²) >= 11 is 0. The highest BCUT2D eigenvalue weighted by molar-refractivity contribution is 6.27. The summed E-state index contributed by atoms with van der Waals surface area (Å²) in [7, 11) is 0. The summed E-state index contributed by atoms with van der Waals surface area (Å²) in [6.45, 7) is 10.2. The third-order valence-electron chi connectivity index (χ3n) is 6.18. The second kappa shape index (κ2) is 15.3. The van der Waals surface area contributed by atoms with E-state index >= 15 is 0 Å². The van der Waals surface area contributed by atoms with E-state index in [1.54, 1.807) is 27.7 Å². The molecular formula is C32H35N3O10. The van der Waals surface area contributed by atoms with E-state index in [2.05, 4.69) is 10.6 Å². The zero-order chi connectivity index (χ0) is 33.3. The number of hydrogen-bond donors (Lipinski definition) is 2. The van der Waals surface area contributed by atoms with Gasteiger partial charge in [0.15, 0.2) is 0 Å². The molecule has 13 heteroatoms. The molecule has 0 aliphatic heterocycles. The Labute approximate surface area is 260 Å². The summed E-state index contributed by atoms with van der Waals surface area (Å²) in [4.78, 5) is 79.5. The van der Waals surface area contributed by atoms with Gasteiger partial charge in [-0.25, -0.2) is 4.90 Å². The number of amides is 4. The van der Waals surface area contributed by atoms with Crippen molar-refractivity contribution in [2.24, 2.45) is 0 Å². The lowest BCUT2D eigenvalue weighted by Crippen LogP contribution is -2.45. The first-order chi connectivity index (χ1) is 21.5. The topological polar surface area (TPSA) is 167 Å². The quantitative estimate of drug-likeness (QED) is 0.317. The number of nitrogens with zero attached hydrogens (tertiary/aromatic N) is 1. The van der Waals surface area contributed by atoms with Crippen LogP contribution in [0.2, 0.25) is 0 Å². The van der Waals surface area contributed by atoms with Crippen molar-refractivity contribution < 1.29 is 47.7 Å². The van der Waals surface area contributed by atoms with Gasteiger partial charge in [0, 0.05) is 32.1 Å². The number of nitrogens with one attached hydrogen (secondary N) is 2. The Balaban J connectivity index is 2.04. The number of benzene rings is 2. The van der Waals surface area contributed by atoms with Crippen LogP contribution < -0.4 is 29.6 Å². The fourth-order valence-corrected chi connectivity index (χ4v) is 4.40. The van der Waals surface area contributed by atoms with Crippen molar-refractivity contribution in [1.29, 1.82) is 0 Å². The van der Waals surface area contributed by atoms with E-state index in [1.807, 2.05) is 0 Å². The fourth-order valence-electron chi connectivity index (χ4n) is 4.40. The summed E-state index contributed by atoms with van der Waals surface area (Å²) in [5.41, 5.74) is -1.88. The lowest BCUT2D eigenvalue weighted by molar-refractivity contribution is -0.141. The van der Waals surface area contributed by atoms with E-state index < -0.39 is 52.3 Å². The van der Waals surface area contributed by atoms with E-state index in [0.717, 1.165) is 19.9 Å². The van der Waals surface area contributed by atoms with Crippen LogP contribution in [0.5, 0.6) is 23.0 Å². The van der Waals surface area contributed by atoms with Gasteiger partial charge in [0.25, 0.3) is 11.8 Å². The second-order valence-electron chi connectivity index (χ2n) is 9.30. The first-order valence-electron chi connectivity index (χ1n) is 14.2. The van der Waals surface area contributed by atoms with Crippen molar-refractivity contribution in [3.63, 3.8) is 0 Å². The first kappa shape index (κ1) is 34.0. The Hall–Kier alpha value is -5.46. The van der Waals surface area contributed by atoms with Gasteiger partial charge < -0.3 is 29.6 Å². The highest BCUT2D eigenvalue weighted by atomic mass is 16.5. The molecule has 4 amide bonds. The maximum Gasteiger partial charge on any atom is 0.259 e. The Morgan fingerprint density at radius 3 is 1.53 bits per heavy atom. The smallest absolute Gasteiger partial charge is 0.259 e. The van der Waals surface area contributed by atoms with Gasteiger partial charge in [-0.2, -0.15) is 0 Å². The van der Waals surface area contributed by atoms with Crippen LogP contribution >= 0.6 is 0 Å². The summed E-state index contributed by atoms with van der Waals surface area (Å²) in [6.07, 6.45) is 0.800. The standard InChI is InChI=1S/C32H35N3O10/c1-7-42-20-11-13-22(26(15-20)44-9-3)31(40)33-24-17-25(38)28(29(30(24)39)35(18(5)36)19(6)37)34-32(41)23-14-12-21(43-8-2)16-27(23)45-10-4/h11-17H,7-10H2,1-6H3,(H,33,40)(H,34,41). The van der Waals surface area contributed by atoms with Crippen molar-refractivity contribution in [2.75, 3.05) is 26.4 Å². The van der Waals surface area contributed by atoms with Crippen molar-refractivity contribution in [2.45, 2.75) is 41.5 Å². The molecule has 0 radical (unpaired) electrons. The Bertz CT molecular complexity index is 1580. The number of imide groups is 1. The van der Waals surface area contributed by atoms with Crippen LogP contribution in [0.3, 0.4) is 0 Å². The molecular weight excluding hydrogens is 586 g/mol. The number of rotatable bonds is 13. The van der Waals surface area contributed by atoms with E-state index in [9.17, 15) is 28.8 Å². The molecule has 0 atom stereocenters. The molecule has 0 saturated heterocycles. The normalized spacial score (nSPS) is 12.6. The number of ketones is 2. The largest absolute Gasteiger partial charge is 0.494 e. The predicted octanol–water partition coefficient (Wildman–Crippen LogP) is 3.08. The molecule has 0 aromatic heterocycles. The Kier molecular flexibility index (Phi) is 11.6. The molecule has 0 bridgehead atoms. The maximum absolute atomic E-state index is 13.8. The summed E-state index contributed by atoms with van der Waals surface area (Å²) in [5, 5.41) is 4.75. The molecule has 0 spiro atoms. The number of carbonyl (C=O) groups excluding carboxylic acids is 6. The van der Waals surface area contributed by atoms with Crippen molar-refractivity contribution in [3.05, 3.63) is 70.7 Å². The molecule has 2 aromatic rings. The highest BCUT2D eigenvalue weighted by Crippen LogP contribution is 2.29. The SMILES string of the molecule is CCOc1ccc(C(=O)NC2=CC(=O)C(NC(=O)c3ccc(OCC)cc3OCC)=C(N(C(C)=O)C(C)=O)C2=O)c(OCC)c1. The van der Waals surface area contributed by atoms with Gasteiger partial charge in [-0.05, 0) is 52.0 Å². The van der Waals surface area contributed by atoms with Crippen molar-refractivity contribution in [1.82, 2.24) is 15.5 Å². The Morgan fingerprint density at radius 2 is 1.11 bits per heavy atom. The average Bonchev–Trinajstić information content (AvgIpc) is 2.98. The van der Waals surface area contributed by atoms with Gasteiger partial charge in [-0.15, -0.1) is 0 Å². The van der Waals surface area contributed by atoms with Crippen molar-refractivity contribution >= 4 is 35.2 Å². The highest BCUT2D eigenvalue weighted by Gasteiger charge is 2.38. The first-order valence-corrected chi connectivity index (χ1v) is 14.2. The lowest BCUT2D eigenvalue weighted by Gasteiger charge is -2.26. The van der Waals surface area contributed by atoms with Gasteiger partial charge in [-0.3, -0.25) is 28.8 Å². The molecule has 238 valence electrons. The van der Waals surface area contributed by atoms with Crippen molar-refractivity contribution in [3.8, 4) is 23.0 Å². The number of Topliss-reactive ketones (excluding diaryl/α,β-unsaturated/α-hetero) is 1. The van der Waals surface area contributed by atoms with Crippen LogP contribution in [0.1, 0.15) is 62.3 Å². The summed E-state index contributed by atoms with van der Waals surface area (Å²) in [5.74, 6) is -4.32. The molecule has 1 aliphatic rings. The van der Waals surface area contributed by atoms with Crippen LogP contribution in [0.4, 0.5) is 0 Å². The number of carbonyl (C=O) groups is 6. The van der Waals surface area contributed by atoms with Gasteiger partial charge in [0.1, 0.15) is 34.4 Å². The molecule has 0 fully saturated rings. The number of allylic oxidation sites excluding steroid dienone is 1. The second-order valence-corrected chi connectivity index (χ2v) is 9.30. The number of hydrogen-bond acceptors (Lipinski definition) is 10. The van der Waals surface area contributed by atoms with E-state index in [1.165, 1.54) is 36.4 Å². The van der Waals surface area contributed by atoms with E-state index in [-0.39, 0.29) is 35.8 Å². The molecule has 0 unspecified atom stereocenters. The minimum Gasteiger partial charge on any atom is -0.494 e. The third-order valence-corrected chi connectivity index (χ3v) is 6.18. The van der Waals surface area contributed by atoms with Crippen LogP contribution in [0, 0.1) is 0 Å². The number of ether oxygens (including phenoxy) is 4. The van der Waals surface area contributed by atoms with Crippen LogP contribution in [0.25, 0.3) is 0 Å². The minimum absolute atomic E-state index is 0.00775. The molecule has 2 aromatic carbocycles. The molecule has 0 saturated carbocycles. The summed E-state index contributed by atoms with van der Waals surface area (Å²) < 4.78 is 22.1. The van der Waals surface area contributed by atoms with Gasteiger partial charge in [-0.1, -0.05) is 0 Å². The fraction of sp³-hybridized carbons (Fsp3) is 0.312. The minimum atomic E-state index is -1.07. The van der Waals surface area contributed by atoms with Gasteiger partial charge in [0.05, 0.1) is 43.3 Å². The monoisotopic (exact) mass is 621 g/mol. The zero-order valence-corrected chi connectivity index (χ0v) is 25.9. The van der Waals surface area contributed by atoms with E-state index in [4.69, 9.17) is 18.9 Å². The molecule has 0 heterocycles. The molecule has 1 aliphatic carbocycles.